The molecule has 3 rings (SSSR count). The summed E-state index contributed by atoms with van der Waals surface area (Å²) >= 11 is 2.07. The van der Waals surface area contributed by atoms with E-state index in [0.29, 0.717) is 11.9 Å². The van der Waals surface area contributed by atoms with Gasteiger partial charge in [-0.15, -0.1) is 0 Å². The van der Waals surface area contributed by atoms with Gasteiger partial charge in [0, 0.05) is 19.0 Å². The molecule has 4 nitrogen and oxygen atoms in total. The fraction of sp³-hybridized carbons (Fsp3) is 0.875. The van der Waals surface area contributed by atoms with Gasteiger partial charge < -0.3 is 4.74 Å². The summed E-state index contributed by atoms with van der Waals surface area (Å²) in [5, 5.41) is 0. The van der Waals surface area contributed by atoms with Crippen molar-refractivity contribution >= 4 is 28.9 Å². The number of nitrogens with one attached hydrogen (secondary N) is 1. The van der Waals surface area contributed by atoms with Gasteiger partial charge in [-0.3, -0.25) is 8.43 Å². The zero-order valence-corrected chi connectivity index (χ0v) is 9.45. The molecular formula is C8H12IN3O. The number of rotatable bonds is 0. The molecule has 0 aromatic rings. The Morgan fingerprint density at radius 2 is 2.62 bits per heavy atom. The highest BCUT2D eigenvalue weighted by Crippen LogP contribution is 2.41. The Labute approximate surface area is 91.2 Å². The number of hydrogen-bond acceptors (Lipinski definition) is 4. The van der Waals surface area contributed by atoms with Crippen molar-refractivity contribution in [2.24, 2.45) is 10.9 Å². The predicted octanol–water partition coefficient (Wildman–Crippen LogP) is 0.387. The second kappa shape index (κ2) is 2.73. The van der Waals surface area contributed by atoms with Crippen molar-refractivity contribution < 1.29 is 4.74 Å². The fourth-order valence-corrected chi connectivity index (χ4v) is 3.00. The number of ether oxygens (including phenoxy) is 1. The van der Waals surface area contributed by atoms with Gasteiger partial charge in [-0.25, -0.2) is 4.99 Å². The standard InChI is InChI=1S/C8H12IN3O/c9-11-7-10-4-8(13-7)5-12-2-1-6(8)3-12/h6H,1-5H2,(H,10,11)/t6-,8-/m0/s1. The average molecular weight is 293 g/mol. The molecule has 3 heterocycles. The van der Waals surface area contributed by atoms with Crippen molar-refractivity contribution in [3.05, 3.63) is 0 Å². The number of halogens is 1. The van der Waals surface area contributed by atoms with Gasteiger partial charge in [0.1, 0.15) is 5.60 Å². The summed E-state index contributed by atoms with van der Waals surface area (Å²) in [4.78, 5) is 6.84. The molecular weight excluding hydrogens is 281 g/mol. The van der Waals surface area contributed by atoms with E-state index in [-0.39, 0.29) is 5.60 Å². The van der Waals surface area contributed by atoms with E-state index >= 15 is 0 Å². The quantitative estimate of drug-likeness (QED) is 0.518. The van der Waals surface area contributed by atoms with Crippen LogP contribution in [0.3, 0.4) is 0 Å². The summed E-state index contributed by atoms with van der Waals surface area (Å²) in [7, 11) is 0. The molecule has 3 atom stereocenters. The van der Waals surface area contributed by atoms with Crippen molar-refractivity contribution in [2.75, 3.05) is 26.2 Å². The second-order valence-corrected chi connectivity index (χ2v) is 4.64. The van der Waals surface area contributed by atoms with Gasteiger partial charge in [-0.2, -0.15) is 0 Å². The molecule has 0 aliphatic carbocycles. The van der Waals surface area contributed by atoms with Gasteiger partial charge in [-0.05, 0) is 13.0 Å². The lowest BCUT2D eigenvalue weighted by molar-refractivity contribution is 0.0345. The van der Waals surface area contributed by atoms with Crippen molar-refractivity contribution in [3.63, 3.8) is 0 Å². The first-order valence-electron chi connectivity index (χ1n) is 4.65. The molecule has 2 saturated heterocycles. The molecule has 5 heteroatoms. The van der Waals surface area contributed by atoms with Crippen LogP contribution in [0.5, 0.6) is 0 Å². The van der Waals surface area contributed by atoms with E-state index in [0.717, 1.165) is 13.1 Å². The van der Waals surface area contributed by atoms with Gasteiger partial charge in [0.05, 0.1) is 29.4 Å². The van der Waals surface area contributed by atoms with Crippen LogP contribution in [-0.2, 0) is 4.74 Å². The minimum atomic E-state index is 0.0335. The predicted molar refractivity (Wildman–Crippen MR) is 57.8 cm³/mol. The lowest BCUT2D eigenvalue weighted by Crippen LogP contribution is -2.46. The molecule has 3 aliphatic heterocycles. The first-order chi connectivity index (χ1) is 6.32. The van der Waals surface area contributed by atoms with Crippen LogP contribution in [0.2, 0.25) is 0 Å². The lowest BCUT2D eigenvalue weighted by atomic mass is 9.88. The van der Waals surface area contributed by atoms with Crippen LogP contribution >= 0.6 is 22.9 Å². The summed E-state index contributed by atoms with van der Waals surface area (Å²) in [5.41, 5.74) is 0.0335. The molecule has 1 unspecified atom stereocenters. The maximum Gasteiger partial charge on any atom is 0.294 e. The maximum absolute atomic E-state index is 5.88. The molecule has 72 valence electrons. The van der Waals surface area contributed by atoms with Crippen molar-refractivity contribution in [3.8, 4) is 0 Å². The van der Waals surface area contributed by atoms with Gasteiger partial charge in [0.25, 0.3) is 6.02 Å². The number of nitrogens with zero attached hydrogens (tertiary/aromatic N) is 2. The van der Waals surface area contributed by atoms with Gasteiger partial charge in [0.2, 0.25) is 0 Å². The Balaban J connectivity index is 1.79. The molecule has 1 spiro atoms. The molecule has 3 aliphatic rings. The molecule has 1 N–H and O–H groups in total. The summed E-state index contributed by atoms with van der Waals surface area (Å²) in [5.74, 6) is 0.707. The summed E-state index contributed by atoms with van der Waals surface area (Å²) in [6.45, 7) is 4.38. The zero-order valence-electron chi connectivity index (χ0n) is 7.29. The van der Waals surface area contributed by atoms with Gasteiger partial charge in [0.15, 0.2) is 0 Å². The third-order valence-corrected chi connectivity index (χ3v) is 3.84. The highest BCUT2D eigenvalue weighted by atomic mass is 127. The van der Waals surface area contributed by atoms with E-state index in [1.165, 1.54) is 19.5 Å². The lowest BCUT2D eigenvalue weighted by Gasteiger charge is -2.31. The van der Waals surface area contributed by atoms with E-state index in [2.05, 4.69) is 36.3 Å². The topological polar surface area (TPSA) is 36.9 Å². The van der Waals surface area contributed by atoms with Crippen LogP contribution in [-0.4, -0.2) is 42.7 Å². The third kappa shape index (κ3) is 1.09. The van der Waals surface area contributed by atoms with E-state index in [4.69, 9.17) is 4.74 Å². The van der Waals surface area contributed by atoms with Crippen LogP contribution in [0.1, 0.15) is 6.42 Å². The van der Waals surface area contributed by atoms with Crippen LogP contribution in [0.4, 0.5) is 0 Å². The van der Waals surface area contributed by atoms with Crippen LogP contribution in [0.15, 0.2) is 4.99 Å². The van der Waals surface area contributed by atoms with E-state index in [1.54, 1.807) is 0 Å². The minimum Gasteiger partial charge on any atom is -0.454 e. The molecule has 0 radical (unpaired) electrons. The Bertz CT molecular complexity index is 270. The van der Waals surface area contributed by atoms with Crippen molar-refractivity contribution in [1.29, 1.82) is 0 Å². The number of piperidine rings is 1. The highest BCUT2D eigenvalue weighted by molar-refractivity contribution is 14.1. The summed E-state index contributed by atoms with van der Waals surface area (Å²) < 4.78 is 8.84. The summed E-state index contributed by atoms with van der Waals surface area (Å²) in [6.07, 6.45) is 1.28. The van der Waals surface area contributed by atoms with E-state index in [1.807, 2.05) is 0 Å². The highest BCUT2D eigenvalue weighted by Gasteiger charge is 2.54. The summed E-state index contributed by atoms with van der Waals surface area (Å²) in [6, 6.07) is 0.717. The Hall–Kier alpha value is -0.0400. The second-order valence-electron chi connectivity index (χ2n) is 4.10. The third-order valence-electron chi connectivity index (χ3n) is 3.38. The molecule has 2 bridgehead atoms. The minimum absolute atomic E-state index is 0.0335. The van der Waals surface area contributed by atoms with Crippen molar-refractivity contribution in [1.82, 2.24) is 8.43 Å². The Kier molecular flexibility index (Phi) is 1.74. The number of aliphatic imine (C=N–C) groups is 1. The van der Waals surface area contributed by atoms with Crippen LogP contribution in [0, 0.1) is 5.92 Å². The largest absolute Gasteiger partial charge is 0.454 e. The normalized spacial score (nSPS) is 46.7. The molecule has 0 saturated carbocycles. The molecule has 0 amide bonds. The first kappa shape index (κ1) is 8.28. The zero-order chi connectivity index (χ0) is 8.89. The van der Waals surface area contributed by atoms with E-state index < -0.39 is 0 Å². The molecule has 0 aromatic heterocycles. The van der Waals surface area contributed by atoms with E-state index in [9.17, 15) is 0 Å². The van der Waals surface area contributed by atoms with Crippen molar-refractivity contribution in [2.45, 2.75) is 12.0 Å². The maximum atomic E-state index is 5.88. The number of amidine groups is 1. The Morgan fingerprint density at radius 3 is 3.15 bits per heavy atom. The van der Waals surface area contributed by atoms with Gasteiger partial charge >= 0.3 is 0 Å². The first-order valence-corrected chi connectivity index (χ1v) is 5.73. The Morgan fingerprint density at radius 1 is 1.69 bits per heavy atom. The van der Waals surface area contributed by atoms with Crippen LogP contribution in [0.25, 0.3) is 0 Å². The van der Waals surface area contributed by atoms with Crippen LogP contribution < -0.4 is 3.53 Å². The fourth-order valence-electron chi connectivity index (χ4n) is 2.72. The molecule has 0 aromatic carbocycles. The smallest absolute Gasteiger partial charge is 0.294 e. The molecule has 2 fully saturated rings. The molecule has 13 heavy (non-hydrogen) atoms. The monoisotopic (exact) mass is 293 g/mol. The van der Waals surface area contributed by atoms with Gasteiger partial charge in [-0.1, -0.05) is 0 Å². The average Bonchev–Trinajstić information content (AvgIpc) is 2.80. The number of hydrogen-bond donors (Lipinski definition) is 1. The SMILES string of the molecule is INC1=NC[C@@]2(CN3CC[C@H]2C3)O1. The number of fused-ring (bicyclic) bond motifs is 3.